The largest absolute Gasteiger partial charge is 0.289 e. The number of amides is 1. The molecule has 2 aliphatic rings. The second-order valence-electron chi connectivity index (χ2n) is 5.95. The number of hydroxylamine groups is 1. The number of nitrogens with one attached hydrogen (secondary N) is 1. The van der Waals surface area contributed by atoms with Gasteiger partial charge in [0, 0.05) is 18.0 Å². The Kier molecular flexibility index (Phi) is 2.82. The summed E-state index contributed by atoms with van der Waals surface area (Å²) < 4.78 is 2.00. The maximum absolute atomic E-state index is 11.9. The van der Waals surface area contributed by atoms with Crippen molar-refractivity contribution in [3.8, 4) is 0 Å². The molecule has 0 spiro atoms. The number of carbonyl (C=O) groups is 1. The van der Waals surface area contributed by atoms with E-state index in [2.05, 4.69) is 11.3 Å². The van der Waals surface area contributed by atoms with E-state index in [1.54, 1.807) is 5.48 Å². The van der Waals surface area contributed by atoms with E-state index in [0.717, 1.165) is 11.1 Å². The average molecular weight is 283 g/mol. The second kappa shape index (κ2) is 4.70. The van der Waals surface area contributed by atoms with Crippen LogP contribution in [0.5, 0.6) is 0 Å². The third-order valence-corrected chi connectivity index (χ3v) is 4.54. The zero-order chi connectivity index (χ0) is 14.4. The first-order valence-electron chi connectivity index (χ1n) is 7.32. The van der Waals surface area contributed by atoms with Gasteiger partial charge in [-0.05, 0) is 24.0 Å². The average Bonchev–Trinajstić information content (AvgIpc) is 3.45. The van der Waals surface area contributed by atoms with E-state index < -0.39 is 0 Å². The van der Waals surface area contributed by atoms with Crippen molar-refractivity contribution in [1.29, 1.82) is 0 Å². The molecule has 5 heteroatoms. The Morgan fingerprint density at radius 3 is 2.57 bits per heavy atom. The molecule has 0 bridgehead atoms. The van der Waals surface area contributed by atoms with Gasteiger partial charge in [0.2, 0.25) is 5.91 Å². The minimum Gasteiger partial charge on any atom is -0.289 e. The normalized spacial score (nSPS) is 27.4. The summed E-state index contributed by atoms with van der Waals surface area (Å²) in [6.45, 7) is 0. The molecule has 1 aromatic heterocycles. The standard InChI is InChI=1S/C16H17N3O2/c20-16(18-21)15-13(10-4-2-1-3-5-10)14(15)11-8-17-19(9-11)12-6-7-12/h1-5,8-9,12-15,21H,6-7H2,(H,18,20)/t13-,14-,15-/m1/s1. The van der Waals surface area contributed by atoms with Gasteiger partial charge in [-0.15, -0.1) is 0 Å². The summed E-state index contributed by atoms with van der Waals surface area (Å²) in [7, 11) is 0. The van der Waals surface area contributed by atoms with Gasteiger partial charge in [0.1, 0.15) is 0 Å². The Labute approximate surface area is 122 Å². The smallest absolute Gasteiger partial charge is 0.247 e. The van der Waals surface area contributed by atoms with Gasteiger partial charge < -0.3 is 0 Å². The first-order chi connectivity index (χ1) is 10.3. The highest BCUT2D eigenvalue weighted by molar-refractivity contribution is 5.84. The number of carbonyl (C=O) groups excluding carboxylic acids is 1. The van der Waals surface area contributed by atoms with Crippen LogP contribution >= 0.6 is 0 Å². The van der Waals surface area contributed by atoms with Crippen LogP contribution in [-0.2, 0) is 4.79 Å². The van der Waals surface area contributed by atoms with Crippen LogP contribution in [0.3, 0.4) is 0 Å². The first kappa shape index (κ1) is 12.6. The van der Waals surface area contributed by atoms with Crippen LogP contribution in [0.4, 0.5) is 0 Å². The predicted octanol–water partition coefficient (Wildman–Crippen LogP) is 2.22. The van der Waals surface area contributed by atoms with Crippen LogP contribution in [0, 0.1) is 5.92 Å². The maximum Gasteiger partial charge on any atom is 0.247 e. The van der Waals surface area contributed by atoms with Crippen LogP contribution < -0.4 is 5.48 Å². The van der Waals surface area contributed by atoms with E-state index in [1.807, 2.05) is 41.2 Å². The van der Waals surface area contributed by atoms with Crippen molar-refractivity contribution in [2.45, 2.75) is 30.7 Å². The molecule has 2 aliphatic carbocycles. The summed E-state index contributed by atoms with van der Waals surface area (Å²) in [5.41, 5.74) is 4.02. The SMILES string of the molecule is O=C(NO)[C@@H]1[C@H](c2ccccc2)[C@H]1c1cnn(C2CC2)c1. The minimum atomic E-state index is -0.312. The Morgan fingerprint density at radius 2 is 1.90 bits per heavy atom. The Balaban J connectivity index is 1.63. The number of hydrogen-bond acceptors (Lipinski definition) is 3. The van der Waals surface area contributed by atoms with Gasteiger partial charge in [-0.25, -0.2) is 5.48 Å². The minimum absolute atomic E-state index is 0.104. The van der Waals surface area contributed by atoms with Gasteiger partial charge >= 0.3 is 0 Å². The third kappa shape index (κ3) is 2.14. The fourth-order valence-corrected chi connectivity index (χ4v) is 3.28. The third-order valence-electron chi connectivity index (χ3n) is 4.54. The van der Waals surface area contributed by atoms with E-state index in [9.17, 15) is 4.79 Å². The molecule has 1 heterocycles. The van der Waals surface area contributed by atoms with Crippen LogP contribution in [0.15, 0.2) is 42.7 Å². The van der Waals surface area contributed by atoms with Crippen LogP contribution in [0.25, 0.3) is 0 Å². The lowest BCUT2D eigenvalue weighted by atomic mass is 10.1. The maximum atomic E-state index is 11.9. The molecule has 0 unspecified atom stereocenters. The number of rotatable bonds is 4. The van der Waals surface area contributed by atoms with Crippen molar-refractivity contribution in [3.05, 3.63) is 53.9 Å². The molecule has 0 aliphatic heterocycles. The van der Waals surface area contributed by atoms with Gasteiger partial charge in [0.25, 0.3) is 0 Å². The molecule has 3 atom stereocenters. The molecule has 4 rings (SSSR count). The van der Waals surface area contributed by atoms with Gasteiger partial charge in [-0.1, -0.05) is 30.3 Å². The molecule has 5 nitrogen and oxygen atoms in total. The number of nitrogens with zero attached hydrogens (tertiary/aromatic N) is 2. The molecule has 0 radical (unpaired) electrons. The van der Waals surface area contributed by atoms with Crippen molar-refractivity contribution >= 4 is 5.91 Å². The number of benzene rings is 1. The molecule has 21 heavy (non-hydrogen) atoms. The summed E-state index contributed by atoms with van der Waals surface area (Å²) in [6, 6.07) is 10.5. The van der Waals surface area contributed by atoms with Crippen LogP contribution in [0.1, 0.15) is 41.8 Å². The highest BCUT2D eigenvalue weighted by Crippen LogP contribution is 2.60. The number of hydrogen-bond donors (Lipinski definition) is 2. The first-order valence-corrected chi connectivity index (χ1v) is 7.32. The molecular formula is C16H17N3O2. The predicted molar refractivity (Wildman–Crippen MR) is 75.8 cm³/mol. The lowest BCUT2D eigenvalue weighted by Crippen LogP contribution is -2.21. The van der Waals surface area contributed by atoms with E-state index >= 15 is 0 Å². The van der Waals surface area contributed by atoms with Crippen molar-refractivity contribution in [2.75, 3.05) is 0 Å². The molecule has 0 saturated heterocycles. The molecular weight excluding hydrogens is 266 g/mol. The zero-order valence-corrected chi connectivity index (χ0v) is 11.5. The summed E-state index contributed by atoms with van der Waals surface area (Å²) in [5.74, 6) is -0.301. The molecule has 1 aromatic carbocycles. The number of aromatic nitrogens is 2. The molecule has 2 saturated carbocycles. The highest BCUT2D eigenvalue weighted by Gasteiger charge is 2.56. The van der Waals surface area contributed by atoms with Crippen molar-refractivity contribution < 1.29 is 10.0 Å². The summed E-state index contributed by atoms with van der Waals surface area (Å²) in [5, 5.41) is 13.4. The van der Waals surface area contributed by atoms with Crippen molar-refractivity contribution in [1.82, 2.24) is 15.3 Å². The molecule has 1 amide bonds. The Morgan fingerprint density at radius 1 is 1.19 bits per heavy atom. The second-order valence-corrected chi connectivity index (χ2v) is 5.95. The van der Waals surface area contributed by atoms with E-state index in [0.29, 0.717) is 6.04 Å². The van der Waals surface area contributed by atoms with Crippen molar-refractivity contribution in [3.63, 3.8) is 0 Å². The van der Waals surface area contributed by atoms with Crippen LogP contribution in [0.2, 0.25) is 0 Å². The monoisotopic (exact) mass is 283 g/mol. The van der Waals surface area contributed by atoms with Gasteiger partial charge in [-0.3, -0.25) is 14.7 Å². The van der Waals surface area contributed by atoms with Gasteiger partial charge in [-0.2, -0.15) is 5.10 Å². The van der Waals surface area contributed by atoms with E-state index in [-0.39, 0.29) is 23.7 Å². The fraction of sp³-hybridized carbons (Fsp3) is 0.375. The summed E-state index contributed by atoms with van der Waals surface area (Å²) in [6.07, 6.45) is 6.30. The summed E-state index contributed by atoms with van der Waals surface area (Å²) in [4.78, 5) is 11.9. The zero-order valence-electron chi connectivity index (χ0n) is 11.5. The van der Waals surface area contributed by atoms with E-state index in [1.165, 1.54) is 12.8 Å². The Hall–Kier alpha value is -2.14. The topological polar surface area (TPSA) is 67.2 Å². The lowest BCUT2D eigenvalue weighted by molar-refractivity contribution is -0.130. The molecule has 2 fully saturated rings. The summed E-state index contributed by atoms with van der Waals surface area (Å²) >= 11 is 0. The fourth-order valence-electron chi connectivity index (χ4n) is 3.28. The quantitative estimate of drug-likeness (QED) is 0.668. The highest BCUT2D eigenvalue weighted by atomic mass is 16.5. The van der Waals surface area contributed by atoms with Gasteiger partial charge in [0.15, 0.2) is 0 Å². The Bertz CT molecular complexity index is 663. The lowest BCUT2D eigenvalue weighted by Gasteiger charge is -1.98. The van der Waals surface area contributed by atoms with Crippen molar-refractivity contribution in [2.24, 2.45) is 5.92 Å². The molecule has 2 aromatic rings. The van der Waals surface area contributed by atoms with Crippen LogP contribution in [-0.4, -0.2) is 20.9 Å². The molecule has 2 N–H and O–H groups in total. The van der Waals surface area contributed by atoms with Gasteiger partial charge in [0.05, 0.1) is 18.2 Å². The van der Waals surface area contributed by atoms with E-state index in [4.69, 9.17) is 5.21 Å². The molecule has 108 valence electrons.